The number of carbonyl (C=O) groups is 1. The van der Waals surface area contributed by atoms with Gasteiger partial charge in [-0.2, -0.15) is 0 Å². The minimum absolute atomic E-state index is 0.0811. The molecule has 1 amide bonds. The van der Waals surface area contributed by atoms with Gasteiger partial charge in [-0.05, 0) is 49.2 Å². The topological polar surface area (TPSA) is 73.6 Å². The lowest BCUT2D eigenvalue weighted by atomic mass is 10.1. The van der Waals surface area contributed by atoms with Crippen molar-refractivity contribution in [2.45, 2.75) is 13.8 Å². The number of ether oxygens (including phenoxy) is 2. The maximum atomic E-state index is 12.0. The van der Waals surface area contributed by atoms with Gasteiger partial charge in [-0.3, -0.25) is 4.79 Å². The molecule has 0 radical (unpaired) electrons. The van der Waals surface area contributed by atoms with Gasteiger partial charge in [0, 0.05) is 5.69 Å². The van der Waals surface area contributed by atoms with Crippen LogP contribution in [0.25, 0.3) is 0 Å². The third-order valence-corrected chi connectivity index (χ3v) is 3.41. The number of nitrogens with one attached hydrogen (secondary N) is 1. The van der Waals surface area contributed by atoms with Crippen molar-refractivity contribution in [1.29, 1.82) is 0 Å². The number of amides is 1. The third kappa shape index (κ3) is 3.69. The van der Waals surface area contributed by atoms with E-state index >= 15 is 0 Å². The Hall–Kier alpha value is -2.69. The summed E-state index contributed by atoms with van der Waals surface area (Å²) in [4.78, 5) is 12.0. The monoisotopic (exact) mass is 300 g/mol. The first kappa shape index (κ1) is 15.7. The van der Waals surface area contributed by atoms with Crippen LogP contribution in [0.3, 0.4) is 0 Å². The van der Waals surface area contributed by atoms with E-state index in [-0.39, 0.29) is 12.5 Å². The highest BCUT2D eigenvalue weighted by Gasteiger charge is 2.10. The predicted octanol–water partition coefficient (Wildman–Crippen LogP) is 2.91. The largest absolute Gasteiger partial charge is 0.495 e. The normalized spacial score (nSPS) is 10.1. The van der Waals surface area contributed by atoms with Crippen LogP contribution in [0.1, 0.15) is 11.1 Å². The van der Waals surface area contributed by atoms with Gasteiger partial charge < -0.3 is 20.5 Å². The van der Waals surface area contributed by atoms with Gasteiger partial charge in [0.2, 0.25) is 0 Å². The van der Waals surface area contributed by atoms with E-state index in [1.807, 2.05) is 32.0 Å². The zero-order chi connectivity index (χ0) is 16.1. The van der Waals surface area contributed by atoms with Crippen LogP contribution in [0.2, 0.25) is 0 Å². The summed E-state index contributed by atoms with van der Waals surface area (Å²) < 4.78 is 10.8. The highest BCUT2D eigenvalue weighted by Crippen LogP contribution is 2.26. The van der Waals surface area contributed by atoms with Gasteiger partial charge in [0.25, 0.3) is 5.91 Å². The van der Waals surface area contributed by atoms with E-state index < -0.39 is 0 Å². The summed E-state index contributed by atoms with van der Waals surface area (Å²) in [5.74, 6) is 0.980. The summed E-state index contributed by atoms with van der Waals surface area (Å²) in [6.07, 6.45) is 0. The van der Waals surface area contributed by atoms with Crippen molar-refractivity contribution in [2.24, 2.45) is 0 Å². The number of aryl methyl sites for hydroxylation is 1. The molecule has 3 N–H and O–H groups in total. The molecule has 0 bridgehead atoms. The maximum Gasteiger partial charge on any atom is 0.262 e. The van der Waals surface area contributed by atoms with E-state index in [2.05, 4.69) is 5.32 Å². The van der Waals surface area contributed by atoms with Crippen LogP contribution in [0.4, 0.5) is 11.4 Å². The molecule has 0 aliphatic rings. The highest BCUT2D eigenvalue weighted by atomic mass is 16.5. The Morgan fingerprint density at radius 2 is 1.95 bits per heavy atom. The Kier molecular flexibility index (Phi) is 4.88. The van der Waals surface area contributed by atoms with Gasteiger partial charge in [0.15, 0.2) is 6.61 Å². The Balaban J connectivity index is 2.02. The van der Waals surface area contributed by atoms with Crippen LogP contribution in [-0.4, -0.2) is 19.6 Å². The van der Waals surface area contributed by atoms with Crippen molar-refractivity contribution >= 4 is 17.3 Å². The number of benzene rings is 2. The molecule has 116 valence electrons. The molecule has 2 rings (SSSR count). The van der Waals surface area contributed by atoms with Crippen LogP contribution in [0.5, 0.6) is 11.5 Å². The van der Waals surface area contributed by atoms with Crippen LogP contribution in [0.15, 0.2) is 36.4 Å². The average molecular weight is 300 g/mol. The Bertz CT molecular complexity index is 684. The van der Waals surface area contributed by atoms with Crippen LogP contribution < -0.4 is 20.5 Å². The smallest absolute Gasteiger partial charge is 0.262 e. The van der Waals surface area contributed by atoms with Crippen LogP contribution >= 0.6 is 0 Å². The molecular formula is C17H20N2O3. The number of rotatable bonds is 5. The second kappa shape index (κ2) is 6.85. The highest BCUT2D eigenvalue weighted by molar-refractivity contribution is 5.94. The van der Waals surface area contributed by atoms with Gasteiger partial charge in [0.1, 0.15) is 11.5 Å². The van der Waals surface area contributed by atoms with Crippen molar-refractivity contribution in [2.75, 3.05) is 24.8 Å². The van der Waals surface area contributed by atoms with Gasteiger partial charge in [-0.15, -0.1) is 0 Å². The molecule has 0 unspecified atom stereocenters. The summed E-state index contributed by atoms with van der Waals surface area (Å²) >= 11 is 0. The maximum absolute atomic E-state index is 12.0. The number of nitrogen functional groups attached to an aromatic ring is 1. The molecule has 0 saturated carbocycles. The van der Waals surface area contributed by atoms with Crippen molar-refractivity contribution in [1.82, 2.24) is 0 Å². The van der Waals surface area contributed by atoms with Crippen molar-refractivity contribution in [3.05, 3.63) is 47.5 Å². The molecule has 5 heteroatoms. The quantitative estimate of drug-likeness (QED) is 0.833. The van der Waals surface area contributed by atoms with E-state index in [4.69, 9.17) is 15.2 Å². The van der Waals surface area contributed by atoms with Gasteiger partial charge in [0.05, 0.1) is 12.8 Å². The molecule has 0 atom stereocenters. The Morgan fingerprint density at radius 3 is 2.68 bits per heavy atom. The number of carbonyl (C=O) groups excluding carboxylic acids is 1. The van der Waals surface area contributed by atoms with E-state index in [0.717, 1.165) is 11.1 Å². The molecule has 22 heavy (non-hydrogen) atoms. The average Bonchev–Trinajstić information content (AvgIpc) is 2.49. The van der Waals surface area contributed by atoms with Crippen LogP contribution in [-0.2, 0) is 4.79 Å². The van der Waals surface area contributed by atoms with Crippen molar-refractivity contribution < 1.29 is 14.3 Å². The molecule has 0 spiro atoms. The fourth-order valence-corrected chi connectivity index (χ4v) is 2.03. The minimum atomic E-state index is -0.273. The number of hydrogen-bond acceptors (Lipinski definition) is 4. The SMILES string of the molecule is COc1ccc(N)cc1NC(=O)COc1cccc(C)c1C. The molecule has 0 fully saturated rings. The summed E-state index contributed by atoms with van der Waals surface area (Å²) in [6.45, 7) is 3.88. The first-order chi connectivity index (χ1) is 10.5. The zero-order valence-electron chi connectivity index (χ0n) is 13.0. The van der Waals surface area contributed by atoms with Crippen molar-refractivity contribution in [3.63, 3.8) is 0 Å². The molecule has 2 aromatic carbocycles. The second-order valence-corrected chi connectivity index (χ2v) is 4.99. The molecule has 0 aliphatic carbocycles. The first-order valence-electron chi connectivity index (χ1n) is 6.93. The first-order valence-corrected chi connectivity index (χ1v) is 6.93. The standard InChI is InChI=1S/C17H20N2O3/c1-11-5-4-6-15(12(11)2)22-10-17(20)19-14-9-13(18)7-8-16(14)21-3/h4-9H,10,18H2,1-3H3,(H,19,20). The Labute approximate surface area is 130 Å². The fourth-order valence-electron chi connectivity index (χ4n) is 2.03. The Morgan fingerprint density at radius 1 is 1.18 bits per heavy atom. The van der Waals surface area contributed by atoms with E-state index in [0.29, 0.717) is 22.9 Å². The minimum Gasteiger partial charge on any atom is -0.495 e. The molecule has 2 aromatic rings. The summed E-state index contributed by atoms with van der Waals surface area (Å²) in [5, 5.41) is 2.74. The fraction of sp³-hybridized carbons (Fsp3) is 0.235. The number of anilines is 2. The third-order valence-electron chi connectivity index (χ3n) is 3.41. The molecule has 0 aromatic heterocycles. The van der Waals surface area contributed by atoms with Gasteiger partial charge >= 0.3 is 0 Å². The molecular weight excluding hydrogens is 280 g/mol. The predicted molar refractivity (Wildman–Crippen MR) is 87.4 cm³/mol. The van der Waals surface area contributed by atoms with Gasteiger partial charge in [-0.1, -0.05) is 12.1 Å². The summed E-state index contributed by atoms with van der Waals surface area (Å²) in [7, 11) is 1.54. The molecule has 0 heterocycles. The van der Waals surface area contributed by atoms with E-state index in [1.165, 1.54) is 7.11 Å². The van der Waals surface area contributed by atoms with E-state index in [9.17, 15) is 4.79 Å². The zero-order valence-corrected chi connectivity index (χ0v) is 13.0. The molecule has 0 aliphatic heterocycles. The summed E-state index contributed by atoms with van der Waals surface area (Å²) in [5.41, 5.74) is 8.94. The number of nitrogens with two attached hydrogens (primary N) is 1. The number of methoxy groups -OCH3 is 1. The van der Waals surface area contributed by atoms with Crippen molar-refractivity contribution in [3.8, 4) is 11.5 Å². The summed E-state index contributed by atoms with van der Waals surface area (Å²) in [6, 6.07) is 10.8. The van der Waals surface area contributed by atoms with E-state index in [1.54, 1.807) is 18.2 Å². The molecule has 0 saturated heterocycles. The van der Waals surface area contributed by atoms with Crippen LogP contribution in [0, 0.1) is 13.8 Å². The number of hydrogen-bond donors (Lipinski definition) is 2. The lowest BCUT2D eigenvalue weighted by Gasteiger charge is -2.13. The second-order valence-electron chi connectivity index (χ2n) is 4.99. The lowest BCUT2D eigenvalue weighted by Crippen LogP contribution is -2.21. The lowest BCUT2D eigenvalue weighted by molar-refractivity contribution is -0.118. The molecule has 5 nitrogen and oxygen atoms in total. The van der Waals surface area contributed by atoms with Gasteiger partial charge in [-0.25, -0.2) is 0 Å².